The average Bonchev–Trinajstić information content (AvgIpc) is 3.43. The lowest BCUT2D eigenvalue weighted by atomic mass is 10.1. The summed E-state index contributed by atoms with van der Waals surface area (Å²) in [5.41, 5.74) is 0. The number of esters is 3. The molecule has 0 rings (SSSR count). The van der Waals surface area contributed by atoms with E-state index in [2.05, 4.69) is 136 Å². The van der Waals surface area contributed by atoms with Crippen LogP contribution in [0.15, 0.2) is 146 Å². The van der Waals surface area contributed by atoms with E-state index in [9.17, 15) is 28.9 Å². The largest absolute Gasteiger partial charge is 0.472 e. The predicted molar refractivity (Wildman–Crippen MR) is 325 cm³/mol. The standard InChI is InChI=1S/C66H105O11P/c1-4-7-10-13-16-19-22-25-28-30-31-33-36-39-42-45-48-51-54-57-66(70)77-63(59-73-64(68)55-52-49-46-43-40-37-34-27-24-21-18-15-12-9-6-3)61-75-78(71,72)74-60-62(58-67)76-65(69)56-53-50-47-44-41-38-35-32-29-26-23-20-17-14-11-8-5-2/h8-9,11-12,16-21,25-29,34-35,38,40,43-44,47,49,52,62-63,67H,4-7,10,13-15,22-24,30-33,36-37,39,41-42,45-46,48,50-51,53-61H2,1-3H3,(H,71,72)/b11-8-,12-9-,19-16-,20-17-,21-18-,28-25-,29-26-,34-27-,38-35-,43-40-,47-44-,52-49-. The third-order valence-corrected chi connectivity index (χ3v) is 12.7. The molecule has 0 heterocycles. The van der Waals surface area contributed by atoms with Crippen molar-refractivity contribution in [3.8, 4) is 0 Å². The number of rotatable bonds is 53. The van der Waals surface area contributed by atoms with Crippen LogP contribution in [0.5, 0.6) is 0 Å². The second-order valence-electron chi connectivity index (χ2n) is 19.1. The summed E-state index contributed by atoms with van der Waals surface area (Å²) in [6.07, 6.45) is 75.5. The van der Waals surface area contributed by atoms with E-state index in [4.69, 9.17) is 23.3 Å². The first-order valence-electron chi connectivity index (χ1n) is 29.7. The summed E-state index contributed by atoms with van der Waals surface area (Å²) in [5, 5.41) is 9.82. The van der Waals surface area contributed by atoms with Gasteiger partial charge in [-0.15, -0.1) is 0 Å². The van der Waals surface area contributed by atoms with Gasteiger partial charge in [-0.25, -0.2) is 4.57 Å². The molecular weight excluding hydrogens is 1000 g/mol. The van der Waals surface area contributed by atoms with Crippen LogP contribution in [-0.4, -0.2) is 66.5 Å². The minimum atomic E-state index is -4.80. The van der Waals surface area contributed by atoms with Gasteiger partial charge in [0, 0.05) is 12.8 Å². The van der Waals surface area contributed by atoms with Crippen molar-refractivity contribution in [1.29, 1.82) is 0 Å². The van der Waals surface area contributed by atoms with Gasteiger partial charge in [-0.05, 0) is 116 Å². The predicted octanol–water partition coefficient (Wildman–Crippen LogP) is 17.9. The number of aliphatic hydroxyl groups excluding tert-OH is 1. The highest BCUT2D eigenvalue weighted by molar-refractivity contribution is 7.47. The minimum absolute atomic E-state index is 0.0179. The first-order chi connectivity index (χ1) is 38.2. The summed E-state index contributed by atoms with van der Waals surface area (Å²) < 4.78 is 39.4. The second kappa shape index (κ2) is 58.5. The van der Waals surface area contributed by atoms with E-state index in [0.717, 1.165) is 96.3 Å². The zero-order valence-electron chi connectivity index (χ0n) is 48.6. The Kier molecular flexibility index (Phi) is 55.0. The van der Waals surface area contributed by atoms with E-state index in [-0.39, 0.29) is 19.3 Å². The van der Waals surface area contributed by atoms with Crippen LogP contribution in [-0.2, 0) is 42.2 Å². The SMILES string of the molecule is CC/C=C\C/C=C\C/C=C\C/C=C\C/C=C\CCCC(=O)OC(CO)COP(=O)(O)OCC(COC(=O)C/C=C\C/C=C\C/C=C\C/C=C\C/C=C\CC)OC(=O)CCCCCCCCCCC/C=C\C/C=C\CCCCC. The van der Waals surface area contributed by atoms with E-state index in [1.54, 1.807) is 6.08 Å². The summed E-state index contributed by atoms with van der Waals surface area (Å²) >= 11 is 0. The summed E-state index contributed by atoms with van der Waals surface area (Å²) in [5.74, 6) is -1.70. The highest BCUT2D eigenvalue weighted by Crippen LogP contribution is 2.43. The van der Waals surface area contributed by atoms with E-state index in [1.165, 1.54) is 51.4 Å². The maximum absolute atomic E-state index is 12.9. The first-order valence-corrected chi connectivity index (χ1v) is 31.2. The quantitative estimate of drug-likeness (QED) is 0.0197. The zero-order valence-corrected chi connectivity index (χ0v) is 49.5. The van der Waals surface area contributed by atoms with Crippen LogP contribution in [0.1, 0.15) is 213 Å². The number of hydrogen-bond acceptors (Lipinski definition) is 10. The third-order valence-electron chi connectivity index (χ3n) is 11.8. The van der Waals surface area contributed by atoms with Crippen molar-refractivity contribution in [2.75, 3.05) is 26.4 Å². The van der Waals surface area contributed by atoms with Gasteiger partial charge < -0.3 is 24.2 Å². The van der Waals surface area contributed by atoms with Gasteiger partial charge in [-0.3, -0.25) is 23.4 Å². The Labute approximate surface area is 473 Å². The molecule has 11 nitrogen and oxygen atoms in total. The highest BCUT2D eigenvalue weighted by atomic mass is 31.2. The van der Waals surface area contributed by atoms with Crippen molar-refractivity contribution in [3.63, 3.8) is 0 Å². The molecule has 0 fully saturated rings. The van der Waals surface area contributed by atoms with Crippen LogP contribution < -0.4 is 0 Å². The molecule has 0 aromatic rings. The normalized spacial score (nSPS) is 14.4. The molecule has 0 saturated heterocycles. The molecule has 78 heavy (non-hydrogen) atoms. The molecule has 3 atom stereocenters. The molecule has 2 N–H and O–H groups in total. The molecule has 0 bridgehead atoms. The molecule has 440 valence electrons. The number of hydrogen-bond donors (Lipinski definition) is 2. The third kappa shape index (κ3) is 56.1. The Hall–Kier alpha value is -4.64. The number of ether oxygens (including phenoxy) is 3. The molecule has 0 radical (unpaired) electrons. The number of phosphoric ester groups is 1. The summed E-state index contributed by atoms with van der Waals surface area (Å²) in [6.45, 7) is 4.20. The number of unbranched alkanes of at least 4 members (excludes halogenated alkanes) is 13. The Balaban J connectivity index is 4.88. The lowest BCUT2D eigenvalue weighted by molar-refractivity contribution is -0.161. The highest BCUT2D eigenvalue weighted by Gasteiger charge is 2.28. The first kappa shape index (κ1) is 73.4. The van der Waals surface area contributed by atoms with E-state index < -0.39 is 64.4 Å². The van der Waals surface area contributed by atoms with Crippen LogP contribution in [0, 0.1) is 0 Å². The monoisotopic (exact) mass is 1100 g/mol. The molecular formula is C66H105O11P. The maximum atomic E-state index is 12.9. The maximum Gasteiger partial charge on any atom is 0.472 e. The Morgan fingerprint density at radius 1 is 0.385 bits per heavy atom. The number of carbonyl (C=O) groups excluding carboxylic acids is 3. The Morgan fingerprint density at radius 3 is 1.14 bits per heavy atom. The van der Waals surface area contributed by atoms with Gasteiger partial charge in [0.25, 0.3) is 0 Å². The topological polar surface area (TPSA) is 155 Å². The van der Waals surface area contributed by atoms with Crippen molar-refractivity contribution in [2.45, 2.75) is 226 Å². The Bertz CT molecular complexity index is 1860. The molecule has 0 saturated carbocycles. The lowest BCUT2D eigenvalue weighted by Crippen LogP contribution is -2.30. The molecule has 0 aromatic heterocycles. The van der Waals surface area contributed by atoms with Crippen molar-refractivity contribution in [2.24, 2.45) is 0 Å². The zero-order chi connectivity index (χ0) is 56.9. The van der Waals surface area contributed by atoms with Gasteiger partial charge in [-0.2, -0.15) is 0 Å². The van der Waals surface area contributed by atoms with Gasteiger partial charge >= 0.3 is 25.7 Å². The Morgan fingerprint density at radius 2 is 0.718 bits per heavy atom. The molecule has 0 aliphatic heterocycles. The fourth-order valence-corrected chi connectivity index (χ4v) is 8.10. The average molecular weight is 1110 g/mol. The van der Waals surface area contributed by atoms with Gasteiger partial charge in [0.1, 0.15) is 12.7 Å². The second-order valence-corrected chi connectivity index (χ2v) is 20.5. The summed E-state index contributed by atoms with van der Waals surface area (Å²) in [4.78, 5) is 48.5. The van der Waals surface area contributed by atoms with Crippen molar-refractivity contribution < 1.29 is 52.2 Å². The van der Waals surface area contributed by atoms with Crippen LogP contribution >= 0.6 is 7.82 Å². The van der Waals surface area contributed by atoms with Crippen molar-refractivity contribution in [1.82, 2.24) is 0 Å². The number of carbonyl (C=O) groups is 3. The molecule has 0 aromatic carbocycles. The van der Waals surface area contributed by atoms with Crippen LogP contribution in [0.4, 0.5) is 0 Å². The van der Waals surface area contributed by atoms with Crippen LogP contribution in [0.2, 0.25) is 0 Å². The molecule has 0 amide bonds. The molecule has 0 aliphatic rings. The fourth-order valence-electron chi connectivity index (χ4n) is 7.32. The van der Waals surface area contributed by atoms with E-state index in [0.29, 0.717) is 25.7 Å². The number of phosphoric acid groups is 1. The lowest BCUT2D eigenvalue weighted by Gasteiger charge is -2.21. The van der Waals surface area contributed by atoms with Gasteiger partial charge in [0.05, 0.1) is 26.2 Å². The van der Waals surface area contributed by atoms with Crippen LogP contribution in [0.3, 0.4) is 0 Å². The van der Waals surface area contributed by atoms with E-state index >= 15 is 0 Å². The summed E-state index contributed by atoms with van der Waals surface area (Å²) in [6, 6.07) is 0. The van der Waals surface area contributed by atoms with Gasteiger partial charge in [0.2, 0.25) is 0 Å². The molecule has 0 aliphatic carbocycles. The number of allylic oxidation sites excluding steroid dienone is 23. The molecule has 3 unspecified atom stereocenters. The summed E-state index contributed by atoms with van der Waals surface area (Å²) in [7, 11) is -4.80. The molecule has 12 heteroatoms. The number of aliphatic hydroxyl groups is 1. The minimum Gasteiger partial charge on any atom is -0.461 e. The van der Waals surface area contributed by atoms with Gasteiger partial charge in [-0.1, -0.05) is 224 Å². The van der Waals surface area contributed by atoms with E-state index in [1.807, 2.05) is 24.3 Å². The fraction of sp³-hybridized carbons (Fsp3) is 0.591. The smallest absolute Gasteiger partial charge is 0.461 e. The van der Waals surface area contributed by atoms with Crippen LogP contribution in [0.25, 0.3) is 0 Å². The van der Waals surface area contributed by atoms with Crippen molar-refractivity contribution >= 4 is 25.7 Å². The van der Waals surface area contributed by atoms with Gasteiger partial charge in [0.15, 0.2) is 6.10 Å². The van der Waals surface area contributed by atoms with Crippen molar-refractivity contribution in [3.05, 3.63) is 146 Å². The molecule has 0 spiro atoms.